The van der Waals surface area contributed by atoms with Gasteiger partial charge in [-0.3, -0.25) is 26.7 Å². The molecule has 0 aromatic heterocycles. The van der Waals surface area contributed by atoms with Crippen LogP contribution in [0.5, 0.6) is 0 Å². The van der Waals surface area contributed by atoms with Crippen molar-refractivity contribution in [1.29, 1.82) is 5.41 Å². The normalized spacial score (nSPS) is 43.0. The van der Waals surface area contributed by atoms with E-state index in [9.17, 15) is 26.3 Å². The maximum atomic E-state index is 13.8. The number of nitrogens with one attached hydrogen (secondary N) is 5. The predicted octanol–water partition coefficient (Wildman–Crippen LogP) is 3.25. The summed E-state index contributed by atoms with van der Waals surface area (Å²) in [4.78, 5) is 3.90. The van der Waals surface area contributed by atoms with E-state index in [1.54, 1.807) is 0 Å². The molecule has 3 heterocycles. The van der Waals surface area contributed by atoms with Gasteiger partial charge in [0.1, 0.15) is 12.2 Å². The van der Waals surface area contributed by atoms with Crippen molar-refractivity contribution in [2.75, 3.05) is 26.7 Å². The molecule has 0 bridgehead atoms. The van der Waals surface area contributed by atoms with E-state index in [0.29, 0.717) is 31.9 Å². The fraction of sp³-hybridized carbons (Fsp3) is 0.960. The van der Waals surface area contributed by atoms with Crippen molar-refractivity contribution in [3.8, 4) is 0 Å². The van der Waals surface area contributed by atoms with Gasteiger partial charge in [-0.15, -0.1) is 0 Å². The fourth-order valence-electron chi connectivity index (χ4n) is 7.83. The van der Waals surface area contributed by atoms with Crippen molar-refractivity contribution in [1.82, 2.24) is 31.1 Å². The minimum Gasteiger partial charge on any atom is -0.338 e. The van der Waals surface area contributed by atoms with Gasteiger partial charge >= 0.3 is 12.4 Å². The lowest BCUT2D eigenvalue weighted by atomic mass is 9.73. The van der Waals surface area contributed by atoms with Gasteiger partial charge in [0.15, 0.2) is 5.96 Å². The van der Waals surface area contributed by atoms with E-state index in [0.717, 1.165) is 25.7 Å². The highest BCUT2D eigenvalue weighted by molar-refractivity contribution is 5.80. The number of nitrogens with zero attached hydrogens (tertiary/aromatic N) is 2. The highest BCUT2D eigenvalue weighted by atomic mass is 19.4. The molecule has 2 aliphatic carbocycles. The van der Waals surface area contributed by atoms with Crippen molar-refractivity contribution in [2.24, 2.45) is 29.6 Å². The number of halogens is 6. The number of rotatable bonds is 4. The Bertz CT molecular complexity index is 853. The van der Waals surface area contributed by atoms with Crippen molar-refractivity contribution in [3.63, 3.8) is 0 Å². The third kappa shape index (κ3) is 5.49. The maximum absolute atomic E-state index is 13.8. The van der Waals surface area contributed by atoms with Crippen LogP contribution in [0, 0.1) is 35.0 Å². The van der Waals surface area contributed by atoms with Crippen LogP contribution in [0.25, 0.3) is 0 Å². The number of hydrogen-bond donors (Lipinski definition) is 5. The molecule has 0 amide bonds. The molecule has 5 rings (SSSR count). The average Bonchev–Trinajstić information content (AvgIpc) is 3.44. The van der Waals surface area contributed by atoms with Gasteiger partial charge in [-0.1, -0.05) is 19.8 Å². The molecular formula is C25H41F6N7. The summed E-state index contributed by atoms with van der Waals surface area (Å²) in [5.41, 5.74) is 0. The fourth-order valence-corrected chi connectivity index (χ4v) is 7.83. The molecule has 10 unspecified atom stereocenters. The summed E-state index contributed by atoms with van der Waals surface area (Å²) in [6.07, 6.45) is -4.99. The quantitative estimate of drug-likeness (QED) is 0.344. The van der Waals surface area contributed by atoms with Crippen molar-refractivity contribution in [3.05, 3.63) is 0 Å². The van der Waals surface area contributed by atoms with E-state index in [1.807, 2.05) is 16.8 Å². The first-order chi connectivity index (χ1) is 17.8. The third-order valence-electron chi connectivity index (χ3n) is 9.91. The van der Waals surface area contributed by atoms with Crippen LogP contribution in [0.2, 0.25) is 0 Å². The molecule has 2 saturated carbocycles. The van der Waals surface area contributed by atoms with E-state index >= 15 is 0 Å². The molecule has 0 aromatic rings. The Morgan fingerprint density at radius 2 is 1.55 bits per heavy atom. The zero-order chi connectivity index (χ0) is 27.4. The highest BCUT2D eigenvalue weighted by Gasteiger charge is 2.52. The van der Waals surface area contributed by atoms with E-state index < -0.39 is 36.4 Å². The smallest absolute Gasteiger partial charge is 0.338 e. The molecule has 5 fully saturated rings. The zero-order valence-corrected chi connectivity index (χ0v) is 22.0. The summed E-state index contributed by atoms with van der Waals surface area (Å²) in [5, 5.41) is 21.3. The first-order valence-corrected chi connectivity index (χ1v) is 14.0. The Morgan fingerprint density at radius 1 is 0.868 bits per heavy atom. The standard InChI is InChI=1S/C25H41F6N7/c1-13-9-14(7-8-15(13)20-34-11-19(35-20)25(29,30)31)12-38-22-18(37(2)23(38)32)10-33-21(36-22)16-5-3-4-6-17(16)24(26,27)28/h13-22,32-36H,3-12H2,1-2H3. The molecule has 3 saturated heterocycles. The Kier molecular flexibility index (Phi) is 7.86. The molecule has 0 radical (unpaired) electrons. The summed E-state index contributed by atoms with van der Waals surface area (Å²) < 4.78 is 80.8. The highest BCUT2D eigenvalue weighted by Crippen LogP contribution is 2.44. The summed E-state index contributed by atoms with van der Waals surface area (Å²) in [6, 6.07) is -1.57. The molecule has 0 spiro atoms. The van der Waals surface area contributed by atoms with Gasteiger partial charge in [0.05, 0.1) is 24.3 Å². The second kappa shape index (κ2) is 10.6. The zero-order valence-electron chi connectivity index (χ0n) is 22.0. The lowest BCUT2D eigenvalue weighted by Crippen LogP contribution is -2.68. The van der Waals surface area contributed by atoms with Crippen LogP contribution in [0.4, 0.5) is 26.3 Å². The Balaban J connectivity index is 1.21. The first-order valence-electron chi connectivity index (χ1n) is 14.0. The van der Waals surface area contributed by atoms with Crippen molar-refractivity contribution >= 4 is 5.96 Å². The number of likely N-dealkylation sites (N-methyl/N-ethyl adjacent to an activating group) is 1. The Hall–Kier alpha value is -1.31. The summed E-state index contributed by atoms with van der Waals surface area (Å²) in [5.74, 6) is -0.919. The summed E-state index contributed by atoms with van der Waals surface area (Å²) in [6.45, 7) is 3.11. The second-order valence-corrected chi connectivity index (χ2v) is 12.2. The van der Waals surface area contributed by atoms with Crippen LogP contribution in [0.15, 0.2) is 0 Å². The SMILES string of the molecule is CC1CC(CN2C(=N)N(C)C3CNC(C4CCCCC4C(F)(F)F)NC32)CCC1C1NCC(C(F)(F)F)N1. The molecule has 5 aliphatic rings. The molecule has 218 valence electrons. The molecule has 13 heteroatoms. The van der Waals surface area contributed by atoms with Gasteiger partial charge in [0.25, 0.3) is 0 Å². The van der Waals surface area contributed by atoms with E-state index in [1.165, 1.54) is 0 Å². The van der Waals surface area contributed by atoms with Gasteiger partial charge in [-0.2, -0.15) is 26.3 Å². The van der Waals surface area contributed by atoms with Crippen molar-refractivity contribution < 1.29 is 26.3 Å². The molecule has 10 atom stereocenters. The first kappa shape index (κ1) is 28.2. The minimum absolute atomic E-state index is 0.0494. The number of guanidine groups is 1. The van der Waals surface area contributed by atoms with E-state index in [-0.39, 0.29) is 49.1 Å². The van der Waals surface area contributed by atoms with Gasteiger partial charge in [0, 0.05) is 26.7 Å². The number of fused-ring (bicyclic) bond motifs is 1. The van der Waals surface area contributed by atoms with Crippen LogP contribution in [0.1, 0.15) is 51.9 Å². The van der Waals surface area contributed by atoms with E-state index in [2.05, 4.69) is 28.2 Å². The third-order valence-corrected chi connectivity index (χ3v) is 9.91. The maximum Gasteiger partial charge on any atom is 0.405 e. The molecule has 38 heavy (non-hydrogen) atoms. The average molecular weight is 554 g/mol. The second-order valence-electron chi connectivity index (χ2n) is 12.2. The summed E-state index contributed by atoms with van der Waals surface area (Å²) in [7, 11) is 1.86. The van der Waals surface area contributed by atoms with Gasteiger partial charge in [-0.05, 0) is 55.8 Å². The Labute approximate surface area is 220 Å². The molecule has 7 nitrogen and oxygen atoms in total. The van der Waals surface area contributed by atoms with Crippen LogP contribution in [-0.4, -0.2) is 85.4 Å². The van der Waals surface area contributed by atoms with Crippen LogP contribution < -0.4 is 21.3 Å². The van der Waals surface area contributed by atoms with Gasteiger partial charge in [0.2, 0.25) is 0 Å². The predicted molar refractivity (Wildman–Crippen MR) is 131 cm³/mol. The molecule has 3 aliphatic heterocycles. The van der Waals surface area contributed by atoms with Gasteiger partial charge in [-0.25, -0.2) is 0 Å². The van der Waals surface area contributed by atoms with Gasteiger partial charge < -0.3 is 9.80 Å². The Morgan fingerprint density at radius 3 is 2.21 bits per heavy atom. The van der Waals surface area contributed by atoms with E-state index in [4.69, 9.17) is 5.41 Å². The van der Waals surface area contributed by atoms with Crippen LogP contribution >= 0.6 is 0 Å². The largest absolute Gasteiger partial charge is 0.405 e. The lowest BCUT2D eigenvalue weighted by Gasteiger charge is -2.46. The van der Waals surface area contributed by atoms with Crippen molar-refractivity contribution in [2.45, 2.75) is 94.8 Å². The number of hydrogen-bond acceptors (Lipinski definition) is 5. The van der Waals surface area contributed by atoms with Crippen LogP contribution in [-0.2, 0) is 0 Å². The molecule has 5 N–H and O–H groups in total. The minimum atomic E-state index is -4.27. The molecular weight excluding hydrogens is 512 g/mol. The topological polar surface area (TPSA) is 78.5 Å². The monoisotopic (exact) mass is 553 g/mol. The summed E-state index contributed by atoms with van der Waals surface area (Å²) >= 11 is 0. The lowest BCUT2D eigenvalue weighted by molar-refractivity contribution is -0.201. The molecule has 0 aromatic carbocycles. The van der Waals surface area contributed by atoms with Crippen LogP contribution in [0.3, 0.4) is 0 Å². The number of alkyl halides is 6.